The van der Waals surface area contributed by atoms with Crippen molar-refractivity contribution >= 4 is 22.0 Å². The Hall–Kier alpha value is -1.32. The summed E-state index contributed by atoms with van der Waals surface area (Å²) in [5, 5.41) is 9.43. The zero-order valence-corrected chi connectivity index (χ0v) is 9.04. The molecule has 1 N–H and O–H groups in total. The maximum absolute atomic E-state index is 9.96. The maximum Gasteiger partial charge on any atom is 0.235 e. The maximum atomic E-state index is 9.96. The molecule has 1 rings (SSSR count). The third kappa shape index (κ3) is 2.13. The first-order valence-electron chi connectivity index (χ1n) is 3.78. The number of benzene rings is 1. The van der Waals surface area contributed by atoms with Crippen LogP contribution in [0.2, 0.25) is 0 Å². The van der Waals surface area contributed by atoms with E-state index in [2.05, 4.69) is 20.9 Å². The van der Waals surface area contributed by atoms with Gasteiger partial charge in [-0.2, -0.15) is 0 Å². The highest BCUT2D eigenvalue weighted by molar-refractivity contribution is 9.10. The van der Waals surface area contributed by atoms with Gasteiger partial charge in [-0.15, -0.1) is 0 Å². The molecule has 0 aromatic heterocycles. The van der Waals surface area contributed by atoms with Crippen molar-refractivity contribution < 1.29 is 14.6 Å². The van der Waals surface area contributed by atoms with Crippen molar-refractivity contribution in [2.24, 2.45) is 4.99 Å². The number of halogens is 1. The molecule has 0 bridgehead atoms. The Bertz CT molecular complexity index is 386. The predicted octanol–water partition coefficient (Wildman–Crippen LogP) is 2.00. The van der Waals surface area contributed by atoms with Gasteiger partial charge in [-0.3, -0.25) is 0 Å². The third-order valence-corrected chi connectivity index (χ3v) is 2.43. The number of aliphatic imine (C=N–C) groups is 1. The number of nitrogens with zero attached hydrogens (tertiary/aromatic N) is 1. The molecule has 14 heavy (non-hydrogen) atoms. The molecular weight excluding hydrogens is 250 g/mol. The fourth-order valence-electron chi connectivity index (χ4n) is 1.08. The van der Waals surface area contributed by atoms with E-state index in [1.165, 1.54) is 19.3 Å². The van der Waals surface area contributed by atoms with Crippen LogP contribution >= 0.6 is 15.9 Å². The molecule has 0 saturated heterocycles. The van der Waals surface area contributed by atoms with Crippen molar-refractivity contribution in [2.45, 2.75) is 6.54 Å². The molecule has 1 aromatic carbocycles. The number of aromatic hydroxyl groups is 1. The number of hydrogen-bond donors (Lipinski definition) is 1. The summed E-state index contributed by atoms with van der Waals surface area (Å²) in [6.07, 6.45) is 1.43. The average molecular weight is 258 g/mol. The molecular formula is C9H8BrNO3. The Morgan fingerprint density at radius 2 is 2.36 bits per heavy atom. The first-order chi connectivity index (χ1) is 6.70. The van der Waals surface area contributed by atoms with Crippen LogP contribution in [-0.2, 0) is 11.3 Å². The number of ether oxygens (including phenoxy) is 1. The summed E-state index contributed by atoms with van der Waals surface area (Å²) in [6.45, 7) is 0.127. The Labute approximate surface area is 89.4 Å². The Morgan fingerprint density at radius 1 is 1.64 bits per heavy atom. The minimum atomic E-state index is 0.0202. The van der Waals surface area contributed by atoms with E-state index in [9.17, 15) is 9.90 Å². The molecule has 74 valence electrons. The van der Waals surface area contributed by atoms with Crippen LogP contribution in [0.3, 0.4) is 0 Å². The largest absolute Gasteiger partial charge is 0.504 e. The topological polar surface area (TPSA) is 58.9 Å². The van der Waals surface area contributed by atoms with Crippen molar-refractivity contribution in [3.05, 3.63) is 22.2 Å². The predicted molar refractivity (Wildman–Crippen MR) is 54.2 cm³/mol. The summed E-state index contributed by atoms with van der Waals surface area (Å²) in [5.41, 5.74) is 0.621. The van der Waals surface area contributed by atoms with Gasteiger partial charge >= 0.3 is 0 Å². The van der Waals surface area contributed by atoms with E-state index < -0.39 is 0 Å². The van der Waals surface area contributed by atoms with Crippen molar-refractivity contribution in [2.75, 3.05) is 7.11 Å². The number of hydrogen-bond acceptors (Lipinski definition) is 4. The smallest absolute Gasteiger partial charge is 0.235 e. The second kappa shape index (κ2) is 4.79. The summed E-state index contributed by atoms with van der Waals surface area (Å²) in [5.74, 6) is 0.338. The fraction of sp³-hybridized carbons (Fsp3) is 0.222. The lowest BCUT2D eigenvalue weighted by Crippen LogP contribution is -1.92. The lowest BCUT2D eigenvalue weighted by atomic mass is 10.2. The Kier molecular flexibility index (Phi) is 3.68. The van der Waals surface area contributed by atoms with Gasteiger partial charge in [-0.25, -0.2) is 9.79 Å². The summed E-state index contributed by atoms with van der Waals surface area (Å²) in [6, 6.07) is 3.16. The minimum absolute atomic E-state index is 0.0202. The molecule has 0 radical (unpaired) electrons. The molecule has 0 aliphatic carbocycles. The molecule has 0 heterocycles. The highest BCUT2D eigenvalue weighted by Crippen LogP contribution is 2.35. The first-order valence-corrected chi connectivity index (χ1v) is 4.58. The second-order valence-corrected chi connectivity index (χ2v) is 3.34. The lowest BCUT2D eigenvalue weighted by Gasteiger charge is -2.09. The van der Waals surface area contributed by atoms with E-state index in [4.69, 9.17) is 4.74 Å². The van der Waals surface area contributed by atoms with Gasteiger partial charge in [0.05, 0.1) is 13.7 Å². The van der Waals surface area contributed by atoms with E-state index in [1.807, 2.05) is 0 Å². The van der Waals surface area contributed by atoms with Gasteiger partial charge in [0.1, 0.15) is 0 Å². The molecule has 4 nitrogen and oxygen atoms in total. The molecule has 0 fully saturated rings. The van der Waals surface area contributed by atoms with Crippen LogP contribution in [0.5, 0.6) is 11.5 Å². The Morgan fingerprint density at radius 3 is 2.93 bits per heavy atom. The van der Waals surface area contributed by atoms with Gasteiger partial charge in [0.2, 0.25) is 6.08 Å². The first kappa shape index (κ1) is 10.8. The molecule has 0 amide bonds. The van der Waals surface area contributed by atoms with Crippen LogP contribution in [-0.4, -0.2) is 18.3 Å². The van der Waals surface area contributed by atoms with Crippen molar-refractivity contribution in [3.8, 4) is 11.5 Å². The number of phenolic OH excluding ortho intramolecular Hbond substituents is 1. The lowest BCUT2D eigenvalue weighted by molar-refractivity contribution is 0.369. The highest BCUT2D eigenvalue weighted by atomic mass is 79.9. The normalized spacial score (nSPS) is 9.29. The fourth-order valence-corrected chi connectivity index (χ4v) is 1.52. The van der Waals surface area contributed by atoms with Crippen LogP contribution in [0.4, 0.5) is 0 Å². The van der Waals surface area contributed by atoms with Gasteiger partial charge in [-0.1, -0.05) is 15.9 Å². The zero-order chi connectivity index (χ0) is 10.6. The van der Waals surface area contributed by atoms with Gasteiger partial charge in [0, 0.05) is 10.0 Å². The quantitative estimate of drug-likeness (QED) is 0.666. The number of rotatable bonds is 3. The van der Waals surface area contributed by atoms with Gasteiger partial charge in [-0.05, 0) is 12.1 Å². The zero-order valence-electron chi connectivity index (χ0n) is 7.45. The third-order valence-electron chi connectivity index (χ3n) is 1.69. The standard InChI is InChI=1S/C9H8BrNO3/c1-14-9-6(4-11-5-12)7(10)2-3-8(9)13/h2-3,13H,4H2,1H3. The molecule has 0 unspecified atom stereocenters. The van der Waals surface area contributed by atoms with E-state index in [0.717, 1.165) is 4.47 Å². The minimum Gasteiger partial charge on any atom is -0.504 e. The summed E-state index contributed by atoms with van der Waals surface area (Å²) in [7, 11) is 1.44. The second-order valence-electron chi connectivity index (χ2n) is 2.49. The van der Waals surface area contributed by atoms with E-state index in [-0.39, 0.29) is 12.3 Å². The van der Waals surface area contributed by atoms with Gasteiger partial charge in [0.15, 0.2) is 11.5 Å². The van der Waals surface area contributed by atoms with Crippen LogP contribution in [0.15, 0.2) is 21.6 Å². The van der Waals surface area contributed by atoms with Crippen molar-refractivity contribution in [3.63, 3.8) is 0 Å². The number of isocyanates is 1. The van der Waals surface area contributed by atoms with Crippen LogP contribution in [0.1, 0.15) is 5.56 Å². The van der Waals surface area contributed by atoms with Crippen molar-refractivity contribution in [1.82, 2.24) is 0 Å². The highest BCUT2D eigenvalue weighted by Gasteiger charge is 2.11. The summed E-state index contributed by atoms with van der Waals surface area (Å²) in [4.78, 5) is 13.4. The summed E-state index contributed by atoms with van der Waals surface area (Å²) >= 11 is 3.27. The monoisotopic (exact) mass is 257 g/mol. The van der Waals surface area contributed by atoms with E-state index in [0.29, 0.717) is 11.3 Å². The van der Waals surface area contributed by atoms with Crippen molar-refractivity contribution in [1.29, 1.82) is 0 Å². The molecule has 0 spiro atoms. The van der Waals surface area contributed by atoms with Crippen LogP contribution in [0, 0.1) is 0 Å². The van der Waals surface area contributed by atoms with Gasteiger partial charge in [0.25, 0.3) is 0 Å². The molecule has 5 heteroatoms. The summed E-state index contributed by atoms with van der Waals surface area (Å²) < 4.78 is 5.71. The molecule has 0 saturated carbocycles. The molecule has 0 aliphatic rings. The number of methoxy groups -OCH3 is 1. The van der Waals surface area contributed by atoms with Gasteiger partial charge < -0.3 is 9.84 Å². The van der Waals surface area contributed by atoms with E-state index >= 15 is 0 Å². The number of phenols is 1. The van der Waals surface area contributed by atoms with Crippen LogP contribution in [0.25, 0.3) is 0 Å². The van der Waals surface area contributed by atoms with Crippen LogP contribution < -0.4 is 4.74 Å². The number of carbonyl (C=O) groups excluding carboxylic acids is 1. The molecule has 1 aromatic rings. The average Bonchev–Trinajstić information content (AvgIpc) is 2.19. The van der Waals surface area contributed by atoms with E-state index in [1.54, 1.807) is 6.07 Å². The molecule has 0 aliphatic heterocycles. The SMILES string of the molecule is COc1c(O)ccc(Br)c1CN=C=O. The molecule has 0 atom stereocenters. The Balaban J connectivity index is 3.21.